The Labute approximate surface area is 243 Å². The maximum Gasteiger partial charge on any atom is 0.246 e. The van der Waals surface area contributed by atoms with Crippen molar-refractivity contribution in [1.82, 2.24) is 15.1 Å². The standard InChI is InChI=1S/C33H42N4O4/c1-33(2,34)19-9-12-30(38)36(4)29(22-24-13-16-25-10-7-8-11-26(25)20-24)32(40)37(5)28(31(39)35-3)21-23-14-17-27(41-6)18-15-23/h7-18,20,28-29H,19,21-22,34H2,1-6H3,(H,35,39)/t28-,29-/m1/s1. The van der Waals surface area contributed by atoms with Crippen LogP contribution in [-0.2, 0) is 27.2 Å². The summed E-state index contributed by atoms with van der Waals surface area (Å²) in [5, 5.41) is 4.82. The Morgan fingerprint density at radius 1 is 0.902 bits per heavy atom. The molecule has 0 aliphatic carbocycles. The van der Waals surface area contributed by atoms with Crippen LogP contribution in [0.15, 0.2) is 78.9 Å². The van der Waals surface area contributed by atoms with Gasteiger partial charge in [-0.25, -0.2) is 0 Å². The number of rotatable bonds is 12. The number of nitrogens with two attached hydrogens (primary N) is 1. The number of likely N-dealkylation sites (N-methyl/N-ethyl adjacent to an activating group) is 3. The number of fused-ring (bicyclic) bond motifs is 1. The fourth-order valence-electron chi connectivity index (χ4n) is 4.66. The van der Waals surface area contributed by atoms with Crippen molar-refractivity contribution < 1.29 is 19.1 Å². The van der Waals surface area contributed by atoms with E-state index in [0.717, 1.165) is 21.9 Å². The fraction of sp³-hybridized carbons (Fsp3) is 0.364. The van der Waals surface area contributed by atoms with Gasteiger partial charge in [-0.05, 0) is 60.4 Å². The molecule has 0 heterocycles. The number of ether oxygens (including phenoxy) is 1. The topological polar surface area (TPSA) is 105 Å². The molecule has 3 aromatic rings. The molecule has 0 aromatic heterocycles. The summed E-state index contributed by atoms with van der Waals surface area (Å²) in [6.45, 7) is 3.77. The molecule has 218 valence electrons. The molecule has 0 unspecified atom stereocenters. The Morgan fingerprint density at radius 3 is 2.12 bits per heavy atom. The van der Waals surface area contributed by atoms with Crippen molar-refractivity contribution in [3.63, 3.8) is 0 Å². The average Bonchev–Trinajstić information content (AvgIpc) is 2.96. The van der Waals surface area contributed by atoms with Gasteiger partial charge in [0.15, 0.2) is 0 Å². The van der Waals surface area contributed by atoms with Gasteiger partial charge >= 0.3 is 0 Å². The van der Waals surface area contributed by atoms with Gasteiger partial charge in [-0.1, -0.05) is 60.7 Å². The highest BCUT2D eigenvalue weighted by molar-refractivity contribution is 5.95. The molecule has 41 heavy (non-hydrogen) atoms. The third kappa shape index (κ3) is 8.66. The molecule has 8 heteroatoms. The highest BCUT2D eigenvalue weighted by Crippen LogP contribution is 2.21. The SMILES string of the molecule is CNC(=O)[C@@H](Cc1ccc(OC)cc1)N(C)C(=O)[C@@H](Cc1ccc2ccccc2c1)N(C)C(=O)C=CCC(C)(C)N. The Balaban J connectivity index is 1.93. The first-order chi connectivity index (χ1) is 19.4. The highest BCUT2D eigenvalue weighted by atomic mass is 16.5. The normalized spacial score (nSPS) is 13.0. The van der Waals surface area contributed by atoms with Crippen molar-refractivity contribution >= 4 is 28.5 Å². The van der Waals surface area contributed by atoms with Crippen LogP contribution < -0.4 is 15.8 Å². The lowest BCUT2D eigenvalue weighted by atomic mass is 9.98. The van der Waals surface area contributed by atoms with E-state index < -0.39 is 17.6 Å². The van der Waals surface area contributed by atoms with Crippen molar-refractivity contribution in [3.05, 3.63) is 90.0 Å². The number of methoxy groups -OCH3 is 1. The van der Waals surface area contributed by atoms with Crippen LogP contribution in [0.2, 0.25) is 0 Å². The Kier molecular flexibility index (Phi) is 10.7. The molecule has 0 aliphatic rings. The summed E-state index contributed by atoms with van der Waals surface area (Å²) >= 11 is 0. The van der Waals surface area contributed by atoms with Gasteiger partial charge < -0.3 is 25.6 Å². The molecule has 2 atom stereocenters. The second-order valence-electron chi connectivity index (χ2n) is 11.1. The molecule has 0 aliphatic heterocycles. The van der Waals surface area contributed by atoms with Gasteiger partial charge in [0.2, 0.25) is 17.7 Å². The van der Waals surface area contributed by atoms with E-state index in [-0.39, 0.29) is 24.1 Å². The zero-order valence-corrected chi connectivity index (χ0v) is 24.9. The first kappa shape index (κ1) is 31.4. The minimum absolute atomic E-state index is 0.287. The lowest BCUT2D eigenvalue weighted by Crippen LogP contribution is -2.55. The van der Waals surface area contributed by atoms with Gasteiger partial charge in [0.05, 0.1) is 7.11 Å². The summed E-state index contributed by atoms with van der Waals surface area (Å²) in [4.78, 5) is 43.3. The van der Waals surface area contributed by atoms with E-state index in [1.807, 2.05) is 80.6 Å². The summed E-state index contributed by atoms with van der Waals surface area (Å²) in [5.41, 5.74) is 7.39. The molecule has 8 nitrogen and oxygen atoms in total. The molecule has 3 rings (SSSR count). The predicted molar refractivity (Wildman–Crippen MR) is 164 cm³/mol. The number of amides is 3. The summed E-state index contributed by atoms with van der Waals surface area (Å²) in [6.07, 6.45) is 4.30. The first-order valence-electron chi connectivity index (χ1n) is 13.7. The third-order valence-electron chi connectivity index (χ3n) is 7.20. The molecule has 0 radical (unpaired) electrons. The second kappa shape index (κ2) is 13.9. The van der Waals surface area contributed by atoms with Gasteiger partial charge in [-0.2, -0.15) is 0 Å². The summed E-state index contributed by atoms with van der Waals surface area (Å²) < 4.78 is 5.24. The lowest BCUT2D eigenvalue weighted by Gasteiger charge is -2.34. The molecule has 3 amide bonds. The lowest BCUT2D eigenvalue weighted by molar-refractivity contribution is -0.146. The van der Waals surface area contributed by atoms with Gasteiger partial charge in [-0.15, -0.1) is 0 Å². The average molecular weight is 559 g/mol. The maximum absolute atomic E-state index is 14.1. The summed E-state index contributed by atoms with van der Waals surface area (Å²) in [7, 11) is 6.38. The van der Waals surface area contributed by atoms with E-state index in [1.54, 1.807) is 34.3 Å². The fourth-order valence-corrected chi connectivity index (χ4v) is 4.66. The van der Waals surface area contributed by atoms with Crippen molar-refractivity contribution in [2.45, 2.75) is 50.7 Å². The maximum atomic E-state index is 14.1. The quantitative estimate of drug-likeness (QED) is 0.330. The molecule has 0 bridgehead atoms. The van der Waals surface area contributed by atoms with Crippen LogP contribution in [0.3, 0.4) is 0 Å². The predicted octanol–water partition coefficient (Wildman–Crippen LogP) is 3.72. The highest BCUT2D eigenvalue weighted by Gasteiger charge is 2.34. The van der Waals surface area contributed by atoms with Crippen LogP contribution in [0.5, 0.6) is 5.75 Å². The number of hydrogen-bond acceptors (Lipinski definition) is 5. The molecular formula is C33H42N4O4. The number of benzene rings is 3. The summed E-state index contributed by atoms with van der Waals surface area (Å²) in [5.74, 6) is -0.228. The van der Waals surface area contributed by atoms with E-state index in [0.29, 0.717) is 18.6 Å². The van der Waals surface area contributed by atoms with E-state index in [2.05, 4.69) is 5.32 Å². The van der Waals surface area contributed by atoms with Crippen molar-refractivity contribution in [2.24, 2.45) is 5.73 Å². The Morgan fingerprint density at radius 2 is 1.51 bits per heavy atom. The Hall–Kier alpha value is -4.17. The molecule has 0 saturated heterocycles. The largest absolute Gasteiger partial charge is 0.497 e. The monoisotopic (exact) mass is 558 g/mol. The minimum Gasteiger partial charge on any atom is -0.497 e. The smallest absolute Gasteiger partial charge is 0.246 e. The van der Waals surface area contributed by atoms with Gasteiger partial charge in [0, 0.05) is 39.5 Å². The number of hydrogen-bond donors (Lipinski definition) is 2. The molecule has 3 N–H and O–H groups in total. The van der Waals surface area contributed by atoms with Crippen molar-refractivity contribution in [2.75, 3.05) is 28.3 Å². The second-order valence-corrected chi connectivity index (χ2v) is 11.1. The van der Waals surface area contributed by atoms with E-state index >= 15 is 0 Å². The number of carbonyl (C=O) groups is 3. The molecule has 3 aromatic carbocycles. The van der Waals surface area contributed by atoms with Gasteiger partial charge in [0.25, 0.3) is 0 Å². The molecular weight excluding hydrogens is 516 g/mol. The van der Waals surface area contributed by atoms with E-state index in [4.69, 9.17) is 10.5 Å². The number of nitrogens with one attached hydrogen (secondary N) is 1. The van der Waals surface area contributed by atoms with Crippen LogP contribution in [0.1, 0.15) is 31.4 Å². The zero-order chi connectivity index (χ0) is 30.2. The van der Waals surface area contributed by atoms with Crippen LogP contribution >= 0.6 is 0 Å². The van der Waals surface area contributed by atoms with E-state index in [1.165, 1.54) is 15.9 Å². The van der Waals surface area contributed by atoms with Crippen molar-refractivity contribution in [3.8, 4) is 5.75 Å². The van der Waals surface area contributed by atoms with Crippen LogP contribution in [-0.4, -0.2) is 73.4 Å². The zero-order valence-electron chi connectivity index (χ0n) is 24.9. The van der Waals surface area contributed by atoms with Crippen molar-refractivity contribution in [1.29, 1.82) is 0 Å². The summed E-state index contributed by atoms with van der Waals surface area (Å²) in [6, 6.07) is 19.8. The van der Waals surface area contributed by atoms with Crippen LogP contribution in [0, 0.1) is 0 Å². The third-order valence-corrected chi connectivity index (χ3v) is 7.20. The van der Waals surface area contributed by atoms with Crippen LogP contribution in [0.4, 0.5) is 0 Å². The van der Waals surface area contributed by atoms with Gasteiger partial charge in [0.1, 0.15) is 17.8 Å². The molecule has 0 saturated carbocycles. The molecule has 0 fully saturated rings. The van der Waals surface area contributed by atoms with E-state index in [9.17, 15) is 14.4 Å². The molecule has 0 spiro atoms. The first-order valence-corrected chi connectivity index (χ1v) is 13.7. The number of nitrogens with zero attached hydrogens (tertiary/aromatic N) is 2. The van der Waals surface area contributed by atoms with Gasteiger partial charge in [-0.3, -0.25) is 14.4 Å². The minimum atomic E-state index is -0.841. The van der Waals surface area contributed by atoms with Crippen LogP contribution in [0.25, 0.3) is 10.8 Å². The Bertz CT molecular complexity index is 1380. The number of carbonyl (C=O) groups excluding carboxylic acids is 3.